The normalized spacial score (nSPS) is 10.5. The number of methoxy groups -OCH3 is 3. The van der Waals surface area contributed by atoms with Crippen LogP contribution in [-0.2, 0) is 0 Å². The molecule has 0 aliphatic carbocycles. The molecular formula is C19H17NO4. The van der Waals surface area contributed by atoms with E-state index in [1.807, 2.05) is 24.3 Å². The molecule has 2 aromatic carbocycles. The predicted octanol–water partition coefficient (Wildman–Crippen LogP) is 3.74. The monoisotopic (exact) mass is 323 g/mol. The summed E-state index contributed by atoms with van der Waals surface area (Å²) < 4.78 is 16.3. The van der Waals surface area contributed by atoms with Crippen molar-refractivity contribution in [1.29, 1.82) is 0 Å². The summed E-state index contributed by atoms with van der Waals surface area (Å²) >= 11 is 0. The Bertz CT molecular complexity index is 905. The average Bonchev–Trinajstić information content (AvgIpc) is 2.65. The molecule has 0 saturated carbocycles. The van der Waals surface area contributed by atoms with Crippen molar-refractivity contribution < 1.29 is 19.0 Å². The second-order valence-corrected chi connectivity index (χ2v) is 5.14. The van der Waals surface area contributed by atoms with Crippen LogP contribution in [0.5, 0.6) is 17.2 Å². The molecule has 3 rings (SSSR count). The molecule has 0 unspecified atom stereocenters. The van der Waals surface area contributed by atoms with Crippen molar-refractivity contribution in [2.24, 2.45) is 0 Å². The summed E-state index contributed by atoms with van der Waals surface area (Å²) in [6, 6.07) is 11.0. The van der Waals surface area contributed by atoms with Gasteiger partial charge in [-0.2, -0.15) is 0 Å². The number of aromatic nitrogens is 1. The van der Waals surface area contributed by atoms with Crippen molar-refractivity contribution >= 4 is 17.2 Å². The summed E-state index contributed by atoms with van der Waals surface area (Å²) in [5, 5.41) is 0.903. The molecule has 0 aliphatic heterocycles. The number of nitrogens with zero attached hydrogens (tertiary/aromatic N) is 1. The third-order valence-electron chi connectivity index (χ3n) is 3.88. The lowest BCUT2D eigenvalue weighted by atomic mass is 9.97. The minimum Gasteiger partial charge on any atom is -0.494 e. The molecule has 3 aromatic rings. The van der Waals surface area contributed by atoms with Crippen LogP contribution in [0.1, 0.15) is 10.4 Å². The van der Waals surface area contributed by atoms with Crippen LogP contribution in [-0.4, -0.2) is 32.6 Å². The Labute approximate surface area is 139 Å². The molecule has 0 saturated heterocycles. The first-order valence-corrected chi connectivity index (χ1v) is 7.36. The number of carbonyl (C=O) groups excluding carboxylic acids is 1. The fourth-order valence-electron chi connectivity index (χ4n) is 2.80. The van der Waals surface area contributed by atoms with Gasteiger partial charge in [-0.15, -0.1) is 0 Å². The minimum atomic E-state index is 0.505. The molecule has 0 radical (unpaired) electrons. The zero-order valence-corrected chi connectivity index (χ0v) is 13.7. The largest absolute Gasteiger partial charge is 0.494 e. The van der Waals surface area contributed by atoms with Crippen molar-refractivity contribution in [3.8, 4) is 28.4 Å². The van der Waals surface area contributed by atoms with Gasteiger partial charge in [-0.3, -0.25) is 9.78 Å². The molecule has 0 amide bonds. The Morgan fingerprint density at radius 3 is 2.38 bits per heavy atom. The lowest BCUT2D eigenvalue weighted by Gasteiger charge is -2.16. The Kier molecular flexibility index (Phi) is 4.33. The SMILES string of the molecule is COc1cc(C=O)cc(-c2ccc(OC)c3ncccc23)c1OC. The van der Waals surface area contributed by atoms with E-state index in [4.69, 9.17) is 14.2 Å². The molecule has 0 fully saturated rings. The number of pyridine rings is 1. The molecule has 5 nitrogen and oxygen atoms in total. The molecular weight excluding hydrogens is 306 g/mol. The van der Waals surface area contributed by atoms with Crippen LogP contribution in [0, 0.1) is 0 Å². The molecule has 0 atom stereocenters. The number of carbonyl (C=O) groups is 1. The van der Waals surface area contributed by atoms with Crippen molar-refractivity contribution in [3.63, 3.8) is 0 Å². The molecule has 0 spiro atoms. The van der Waals surface area contributed by atoms with Crippen molar-refractivity contribution in [2.75, 3.05) is 21.3 Å². The van der Waals surface area contributed by atoms with Gasteiger partial charge in [0.05, 0.1) is 21.3 Å². The van der Waals surface area contributed by atoms with Crippen LogP contribution >= 0.6 is 0 Å². The maximum absolute atomic E-state index is 11.3. The van der Waals surface area contributed by atoms with E-state index in [-0.39, 0.29) is 0 Å². The Morgan fingerprint density at radius 1 is 0.917 bits per heavy atom. The first-order valence-electron chi connectivity index (χ1n) is 7.36. The third-order valence-corrected chi connectivity index (χ3v) is 3.88. The van der Waals surface area contributed by atoms with Crippen LogP contribution in [0.2, 0.25) is 0 Å². The third kappa shape index (κ3) is 2.54. The van der Waals surface area contributed by atoms with Crippen LogP contribution in [0.3, 0.4) is 0 Å². The summed E-state index contributed by atoms with van der Waals surface area (Å²) in [4.78, 5) is 15.7. The summed E-state index contributed by atoms with van der Waals surface area (Å²) in [6.45, 7) is 0. The lowest BCUT2D eigenvalue weighted by molar-refractivity contribution is 0.112. The minimum absolute atomic E-state index is 0.505. The number of hydrogen-bond donors (Lipinski definition) is 0. The zero-order valence-electron chi connectivity index (χ0n) is 13.7. The fourth-order valence-corrected chi connectivity index (χ4v) is 2.80. The fraction of sp³-hybridized carbons (Fsp3) is 0.158. The van der Waals surface area contributed by atoms with Gasteiger partial charge in [-0.1, -0.05) is 6.07 Å². The van der Waals surface area contributed by atoms with Gasteiger partial charge in [0, 0.05) is 22.7 Å². The smallest absolute Gasteiger partial charge is 0.168 e. The van der Waals surface area contributed by atoms with E-state index in [1.165, 1.54) is 0 Å². The van der Waals surface area contributed by atoms with Crippen LogP contribution in [0.4, 0.5) is 0 Å². The summed E-state index contributed by atoms with van der Waals surface area (Å²) in [7, 11) is 4.73. The highest BCUT2D eigenvalue weighted by Gasteiger charge is 2.17. The van der Waals surface area contributed by atoms with E-state index in [0.717, 1.165) is 28.3 Å². The van der Waals surface area contributed by atoms with Gasteiger partial charge in [-0.25, -0.2) is 0 Å². The number of rotatable bonds is 5. The van der Waals surface area contributed by atoms with Crippen LogP contribution < -0.4 is 14.2 Å². The van der Waals surface area contributed by atoms with E-state index >= 15 is 0 Å². The van der Waals surface area contributed by atoms with Crippen molar-refractivity contribution in [2.45, 2.75) is 0 Å². The van der Waals surface area contributed by atoms with Crippen molar-refractivity contribution in [3.05, 3.63) is 48.2 Å². The maximum atomic E-state index is 11.3. The van der Waals surface area contributed by atoms with Gasteiger partial charge in [0.2, 0.25) is 0 Å². The average molecular weight is 323 g/mol. The van der Waals surface area contributed by atoms with Crippen molar-refractivity contribution in [1.82, 2.24) is 4.98 Å². The highest BCUT2D eigenvalue weighted by atomic mass is 16.5. The first-order chi connectivity index (χ1) is 11.7. The zero-order chi connectivity index (χ0) is 17.1. The van der Waals surface area contributed by atoms with Crippen LogP contribution in [0.15, 0.2) is 42.6 Å². The van der Waals surface area contributed by atoms with Gasteiger partial charge in [0.15, 0.2) is 11.5 Å². The predicted molar refractivity (Wildman–Crippen MR) is 92.2 cm³/mol. The molecule has 5 heteroatoms. The number of ether oxygens (including phenoxy) is 3. The van der Waals surface area contributed by atoms with E-state index < -0.39 is 0 Å². The maximum Gasteiger partial charge on any atom is 0.168 e. The topological polar surface area (TPSA) is 57.7 Å². The van der Waals surface area contributed by atoms with Crippen LogP contribution in [0.25, 0.3) is 22.0 Å². The van der Waals surface area contributed by atoms with Gasteiger partial charge >= 0.3 is 0 Å². The van der Waals surface area contributed by atoms with E-state index in [2.05, 4.69) is 4.98 Å². The van der Waals surface area contributed by atoms with E-state index in [1.54, 1.807) is 39.7 Å². The first kappa shape index (κ1) is 15.8. The lowest BCUT2D eigenvalue weighted by Crippen LogP contribution is -1.97. The van der Waals surface area contributed by atoms with E-state index in [9.17, 15) is 4.79 Å². The summed E-state index contributed by atoms with van der Waals surface area (Å²) in [5.41, 5.74) is 2.91. The second-order valence-electron chi connectivity index (χ2n) is 5.14. The highest BCUT2D eigenvalue weighted by Crippen LogP contribution is 2.42. The summed E-state index contributed by atoms with van der Waals surface area (Å²) in [6.07, 6.45) is 2.50. The molecule has 122 valence electrons. The molecule has 0 bridgehead atoms. The van der Waals surface area contributed by atoms with E-state index in [0.29, 0.717) is 22.8 Å². The number of aldehydes is 1. The molecule has 1 heterocycles. The van der Waals surface area contributed by atoms with Gasteiger partial charge < -0.3 is 14.2 Å². The second kappa shape index (κ2) is 6.58. The molecule has 0 aliphatic rings. The molecule has 1 aromatic heterocycles. The Balaban J connectivity index is 2.37. The highest BCUT2D eigenvalue weighted by molar-refractivity contribution is 6.00. The summed E-state index contributed by atoms with van der Waals surface area (Å²) in [5.74, 6) is 1.76. The Morgan fingerprint density at radius 2 is 1.71 bits per heavy atom. The molecule has 24 heavy (non-hydrogen) atoms. The van der Waals surface area contributed by atoms with Gasteiger partial charge in [0.25, 0.3) is 0 Å². The quantitative estimate of drug-likeness (QED) is 0.669. The van der Waals surface area contributed by atoms with Gasteiger partial charge in [0.1, 0.15) is 17.6 Å². The standard InChI is InChI=1S/C19H17NO4/c1-22-16-7-6-13(14-5-4-8-20-18(14)16)15-9-12(11-21)10-17(23-2)19(15)24-3/h4-11H,1-3H3. The number of benzene rings is 2. The number of fused-ring (bicyclic) bond motifs is 1. The molecule has 0 N–H and O–H groups in total. The Hall–Kier alpha value is -3.08. The van der Waals surface area contributed by atoms with Gasteiger partial charge in [-0.05, 0) is 35.9 Å². The number of hydrogen-bond acceptors (Lipinski definition) is 5.